The van der Waals surface area contributed by atoms with Gasteiger partial charge in [-0.2, -0.15) is 0 Å². The topological polar surface area (TPSA) is 86.8 Å². The van der Waals surface area contributed by atoms with E-state index >= 15 is 0 Å². The summed E-state index contributed by atoms with van der Waals surface area (Å²) in [5.41, 5.74) is 1.34. The van der Waals surface area contributed by atoms with Gasteiger partial charge in [-0.25, -0.2) is 12.8 Å². The first-order valence-corrected chi connectivity index (χ1v) is 13.6. The minimum Gasteiger partial charge on any atom is -0.355 e. The van der Waals surface area contributed by atoms with Crippen LogP contribution in [0.5, 0.6) is 0 Å². The molecule has 0 saturated carbocycles. The van der Waals surface area contributed by atoms with Crippen LogP contribution in [-0.2, 0) is 32.6 Å². The monoisotopic (exact) mass is 525 g/mol. The van der Waals surface area contributed by atoms with Gasteiger partial charge < -0.3 is 10.2 Å². The number of rotatable bonds is 11. The normalized spacial score (nSPS) is 12.0. The van der Waals surface area contributed by atoms with Crippen molar-refractivity contribution in [3.8, 4) is 0 Å². The van der Waals surface area contributed by atoms with Gasteiger partial charge >= 0.3 is 0 Å². The Hall–Kier alpha value is -3.72. The second-order valence-electron chi connectivity index (χ2n) is 8.49. The number of halogens is 1. The lowest BCUT2D eigenvalue weighted by Crippen LogP contribution is -2.51. The van der Waals surface area contributed by atoms with Crippen LogP contribution in [0.4, 0.5) is 10.1 Å². The first-order chi connectivity index (χ1) is 17.7. The SMILES string of the molecule is CCNC(=O)[C@H](C)N(Cc1ccccc1F)C(=O)CN(c1ccccc1CC)S(=O)(=O)c1ccccc1. The van der Waals surface area contributed by atoms with Crippen molar-refractivity contribution in [1.29, 1.82) is 0 Å². The summed E-state index contributed by atoms with van der Waals surface area (Å²) in [4.78, 5) is 27.7. The second kappa shape index (κ2) is 12.5. The lowest BCUT2D eigenvalue weighted by molar-refractivity contribution is -0.139. The highest BCUT2D eigenvalue weighted by Gasteiger charge is 2.33. The van der Waals surface area contributed by atoms with Crippen molar-refractivity contribution in [2.45, 2.75) is 44.7 Å². The molecule has 0 fully saturated rings. The van der Waals surface area contributed by atoms with Gasteiger partial charge in [0.1, 0.15) is 18.4 Å². The van der Waals surface area contributed by atoms with Crippen molar-refractivity contribution in [3.63, 3.8) is 0 Å². The first-order valence-electron chi connectivity index (χ1n) is 12.2. The molecule has 0 spiro atoms. The Balaban J connectivity index is 2.07. The Labute approximate surface area is 218 Å². The van der Waals surface area contributed by atoms with Crippen LogP contribution in [0, 0.1) is 5.82 Å². The highest BCUT2D eigenvalue weighted by molar-refractivity contribution is 7.92. The van der Waals surface area contributed by atoms with Crippen LogP contribution in [0.25, 0.3) is 0 Å². The molecule has 0 aliphatic rings. The molecule has 7 nitrogen and oxygen atoms in total. The summed E-state index contributed by atoms with van der Waals surface area (Å²) >= 11 is 0. The number of nitrogens with one attached hydrogen (secondary N) is 1. The molecule has 196 valence electrons. The number of benzene rings is 3. The van der Waals surface area contributed by atoms with E-state index in [0.29, 0.717) is 18.7 Å². The Morgan fingerprint density at radius 1 is 0.892 bits per heavy atom. The predicted molar refractivity (Wildman–Crippen MR) is 142 cm³/mol. The van der Waals surface area contributed by atoms with Gasteiger partial charge in [-0.05, 0) is 50.1 Å². The van der Waals surface area contributed by atoms with Crippen LogP contribution in [0.15, 0.2) is 83.8 Å². The molecule has 0 unspecified atom stereocenters. The van der Waals surface area contributed by atoms with Crippen molar-refractivity contribution >= 4 is 27.5 Å². The lowest BCUT2D eigenvalue weighted by atomic mass is 10.1. The minimum absolute atomic E-state index is 0.0335. The minimum atomic E-state index is -4.14. The van der Waals surface area contributed by atoms with Crippen molar-refractivity contribution in [1.82, 2.24) is 10.2 Å². The maximum atomic E-state index is 14.5. The van der Waals surface area contributed by atoms with E-state index in [1.807, 2.05) is 13.0 Å². The molecular weight excluding hydrogens is 493 g/mol. The Kier molecular flexibility index (Phi) is 9.41. The maximum Gasteiger partial charge on any atom is 0.264 e. The van der Waals surface area contributed by atoms with Gasteiger partial charge in [0.15, 0.2) is 0 Å². The smallest absolute Gasteiger partial charge is 0.264 e. The Morgan fingerprint density at radius 3 is 2.11 bits per heavy atom. The molecule has 1 atom stereocenters. The van der Waals surface area contributed by atoms with Gasteiger partial charge in [-0.1, -0.05) is 61.5 Å². The number of hydrogen-bond donors (Lipinski definition) is 1. The molecule has 0 saturated heterocycles. The fourth-order valence-electron chi connectivity index (χ4n) is 4.00. The Bertz CT molecular complexity index is 1330. The number of carbonyl (C=O) groups excluding carboxylic acids is 2. The van der Waals surface area contributed by atoms with Gasteiger partial charge in [-0.3, -0.25) is 13.9 Å². The number of anilines is 1. The molecule has 0 aliphatic heterocycles. The zero-order chi connectivity index (χ0) is 27.0. The zero-order valence-corrected chi connectivity index (χ0v) is 22.0. The molecule has 0 bridgehead atoms. The molecule has 37 heavy (non-hydrogen) atoms. The van der Waals surface area contributed by atoms with Crippen molar-refractivity contribution in [2.75, 3.05) is 17.4 Å². The van der Waals surface area contributed by atoms with Crippen molar-refractivity contribution < 1.29 is 22.4 Å². The number of sulfonamides is 1. The van der Waals surface area contributed by atoms with Crippen LogP contribution in [0.3, 0.4) is 0 Å². The van der Waals surface area contributed by atoms with E-state index in [4.69, 9.17) is 0 Å². The van der Waals surface area contributed by atoms with Crippen molar-refractivity contribution in [2.24, 2.45) is 0 Å². The average molecular weight is 526 g/mol. The summed E-state index contributed by atoms with van der Waals surface area (Å²) in [5.74, 6) is -1.57. The van der Waals surface area contributed by atoms with E-state index in [1.54, 1.807) is 56.3 Å². The molecule has 3 aromatic rings. The summed E-state index contributed by atoms with van der Waals surface area (Å²) < 4.78 is 43.2. The van der Waals surface area contributed by atoms with E-state index < -0.39 is 40.2 Å². The number of nitrogens with zero attached hydrogens (tertiary/aromatic N) is 2. The summed E-state index contributed by atoms with van der Waals surface area (Å²) in [6.07, 6.45) is 0.541. The molecular formula is C28H32FN3O4S. The van der Waals surface area contributed by atoms with Gasteiger partial charge in [0.25, 0.3) is 10.0 Å². The molecule has 1 N–H and O–H groups in total. The number of aryl methyl sites for hydroxylation is 1. The maximum absolute atomic E-state index is 14.5. The van der Waals surface area contributed by atoms with Crippen LogP contribution < -0.4 is 9.62 Å². The predicted octanol–water partition coefficient (Wildman–Crippen LogP) is 4.14. The molecule has 9 heteroatoms. The van der Waals surface area contributed by atoms with E-state index in [-0.39, 0.29) is 17.0 Å². The summed E-state index contributed by atoms with van der Waals surface area (Å²) in [7, 11) is -4.14. The third kappa shape index (κ3) is 6.54. The van der Waals surface area contributed by atoms with Gasteiger partial charge in [0, 0.05) is 18.7 Å². The largest absolute Gasteiger partial charge is 0.355 e. The fourth-order valence-corrected chi connectivity index (χ4v) is 5.47. The third-order valence-electron chi connectivity index (χ3n) is 6.07. The van der Waals surface area contributed by atoms with Crippen LogP contribution in [0.2, 0.25) is 0 Å². The zero-order valence-electron chi connectivity index (χ0n) is 21.2. The van der Waals surface area contributed by atoms with E-state index in [2.05, 4.69) is 5.32 Å². The quantitative estimate of drug-likeness (QED) is 0.408. The molecule has 2 amide bonds. The van der Waals surface area contributed by atoms with E-state index in [1.165, 1.54) is 35.2 Å². The number of amides is 2. The second-order valence-corrected chi connectivity index (χ2v) is 10.4. The third-order valence-corrected chi connectivity index (χ3v) is 7.84. The van der Waals surface area contributed by atoms with Crippen LogP contribution in [0.1, 0.15) is 31.9 Å². The van der Waals surface area contributed by atoms with E-state index in [9.17, 15) is 22.4 Å². The summed E-state index contributed by atoms with van der Waals surface area (Å²) in [5, 5.41) is 2.68. The Morgan fingerprint density at radius 2 is 1.49 bits per heavy atom. The molecule has 3 aromatic carbocycles. The van der Waals surface area contributed by atoms with Crippen molar-refractivity contribution in [3.05, 3.63) is 95.8 Å². The van der Waals surface area contributed by atoms with Crippen LogP contribution >= 0.6 is 0 Å². The first kappa shape index (κ1) is 27.9. The fraction of sp³-hybridized carbons (Fsp3) is 0.286. The number of para-hydroxylation sites is 1. The van der Waals surface area contributed by atoms with Gasteiger partial charge in [0.05, 0.1) is 10.6 Å². The summed E-state index contributed by atoms with van der Waals surface area (Å²) in [6.45, 7) is 4.78. The van der Waals surface area contributed by atoms with E-state index in [0.717, 1.165) is 9.87 Å². The number of likely N-dealkylation sites (N-methyl/N-ethyl adjacent to an activating group) is 1. The molecule has 0 radical (unpaired) electrons. The average Bonchev–Trinajstić information content (AvgIpc) is 2.91. The van der Waals surface area contributed by atoms with Crippen LogP contribution in [-0.4, -0.2) is 44.3 Å². The number of carbonyl (C=O) groups is 2. The lowest BCUT2D eigenvalue weighted by Gasteiger charge is -2.32. The molecule has 0 heterocycles. The molecule has 0 aliphatic carbocycles. The molecule has 3 rings (SSSR count). The van der Waals surface area contributed by atoms with Gasteiger partial charge in [-0.15, -0.1) is 0 Å². The number of hydrogen-bond acceptors (Lipinski definition) is 4. The highest BCUT2D eigenvalue weighted by atomic mass is 32.2. The molecule has 0 aromatic heterocycles. The summed E-state index contributed by atoms with van der Waals surface area (Å²) in [6, 6.07) is 19.9. The highest BCUT2D eigenvalue weighted by Crippen LogP contribution is 2.28. The standard InChI is InChI=1S/C28H32FN3O4S/c1-4-22-13-10-12-18-26(22)32(37(35,36)24-15-7-6-8-16-24)20-27(33)31(21(3)28(34)30-5-2)19-23-14-9-11-17-25(23)29/h6-18,21H,4-5,19-20H2,1-3H3,(H,30,34)/t21-/m0/s1. The van der Waals surface area contributed by atoms with Gasteiger partial charge in [0.2, 0.25) is 11.8 Å².